The first-order valence-corrected chi connectivity index (χ1v) is 8.48. The molecule has 21 heavy (non-hydrogen) atoms. The van der Waals surface area contributed by atoms with E-state index >= 15 is 0 Å². The van der Waals surface area contributed by atoms with E-state index in [-0.39, 0.29) is 18.9 Å². The SMILES string of the molecule is COc1ccc(CCS(=O)(=O)NCC2(O)CCOC2)cc1. The van der Waals surface area contributed by atoms with Gasteiger partial charge in [0.2, 0.25) is 10.0 Å². The number of aryl methyl sites for hydroxylation is 1. The van der Waals surface area contributed by atoms with Crippen molar-refractivity contribution in [2.75, 3.05) is 32.6 Å². The zero-order valence-corrected chi connectivity index (χ0v) is 12.9. The molecule has 1 fully saturated rings. The van der Waals surface area contributed by atoms with Gasteiger partial charge in [-0.3, -0.25) is 0 Å². The summed E-state index contributed by atoms with van der Waals surface area (Å²) in [6, 6.07) is 7.28. The van der Waals surface area contributed by atoms with Crippen LogP contribution < -0.4 is 9.46 Å². The molecule has 1 heterocycles. The Morgan fingerprint density at radius 1 is 1.38 bits per heavy atom. The summed E-state index contributed by atoms with van der Waals surface area (Å²) in [7, 11) is -1.83. The molecule has 0 aliphatic carbocycles. The van der Waals surface area contributed by atoms with Crippen LogP contribution >= 0.6 is 0 Å². The molecule has 1 unspecified atom stereocenters. The van der Waals surface area contributed by atoms with Crippen molar-refractivity contribution in [3.63, 3.8) is 0 Å². The average Bonchev–Trinajstić information content (AvgIpc) is 2.91. The van der Waals surface area contributed by atoms with Crippen molar-refractivity contribution in [1.29, 1.82) is 0 Å². The van der Waals surface area contributed by atoms with Crippen molar-refractivity contribution in [2.45, 2.75) is 18.4 Å². The molecule has 0 aromatic heterocycles. The van der Waals surface area contributed by atoms with Gasteiger partial charge in [-0.2, -0.15) is 0 Å². The fraction of sp³-hybridized carbons (Fsp3) is 0.571. The summed E-state index contributed by atoms with van der Waals surface area (Å²) in [4.78, 5) is 0. The smallest absolute Gasteiger partial charge is 0.212 e. The number of nitrogens with one attached hydrogen (secondary N) is 1. The quantitative estimate of drug-likeness (QED) is 0.756. The van der Waals surface area contributed by atoms with Gasteiger partial charge in [-0.25, -0.2) is 13.1 Å². The largest absolute Gasteiger partial charge is 0.497 e. The van der Waals surface area contributed by atoms with Crippen LogP contribution in [0.3, 0.4) is 0 Å². The molecule has 1 saturated heterocycles. The van der Waals surface area contributed by atoms with E-state index in [4.69, 9.17) is 9.47 Å². The molecule has 7 heteroatoms. The van der Waals surface area contributed by atoms with Crippen molar-refractivity contribution >= 4 is 10.0 Å². The van der Waals surface area contributed by atoms with Crippen molar-refractivity contribution < 1.29 is 23.0 Å². The molecule has 1 aliphatic rings. The lowest BCUT2D eigenvalue weighted by Crippen LogP contribution is -2.44. The van der Waals surface area contributed by atoms with E-state index < -0.39 is 15.6 Å². The molecule has 118 valence electrons. The molecule has 0 spiro atoms. The highest BCUT2D eigenvalue weighted by molar-refractivity contribution is 7.89. The fourth-order valence-corrected chi connectivity index (χ4v) is 3.23. The maximum absolute atomic E-state index is 11.9. The highest BCUT2D eigenvalue weighted by atomic mass is 32.2. The Hall–Kier alpha value is -1.15. The Morgan fingerprint density at radius 2 is 2.10 bits per heavy atom. The number of hydrogen-bond donors (Lipinski definition) is 2. The van der Waals surface area contributed by atoms with Crippen LogP contribution in [0.25, 0.3) is 0 Å². The second-order valence-corrected chi connectivity index (χ2v) is 7.19. The van der Waals surface area contributed by atoms with Gasteiger partial charge < -0.3 is 14.6 Å². The van der Waals surface area contributed by atoms with Gasteiger partial charge in [-0.1, -0.05) is 12.1 Å². The van der Waals surface area contributed by atoms with E-state index in [1.807, 2.05) is 12.1 Å². The van der Waals surface area contributed by atoms with Crippen LogP contribution in [0.2, 0.25) is 0 Å². The van der Waals surface area contributed by atoms with Crippen LogP contribution in [0.4, 0.5) is 0 Å². The van der Waals surface area contributed by atoms with E-state index in [0.29, 0.717) is 19.4 Å². The van der Waals surface area contributed by atoms with Crippen molar-refractivity contribution in [1.82, 2.24) is 4.72 Å². The third kappa shape index (κ3) is 4.96. The van der Waals surface area contributed by atoms with Gasteiger partial charge in [-0.05, 0) is 24.1 Å². The molecule has 1 aliphatic heterocycles. The topological polar surface area (TPSA) is 84.9 Å². The fourth-order valence-electron chi connectivity index (χ4n) is 2.10. The minimum Gasteiger partial charge on any atom is -0.497 e. The molecule has 0 amide bonds. The Morgan fingerprint density at radius 3 is 2.67 bits per heavy atom. The van der Waals surface area contributed by atoms with Crippen molar-refractivity contribution in [2.24, 2.45) is 0 Å². The number of hydrogen-bond acceptors (Lipinski definition) is 5. The van der Waals surface area contributed by atoms with Crippen LogP contribution in [0.1, 0.15) is 12.0 Å². The average molecular weight is 315 g/mol. The highest BCUT2D eigenvalue weighted by Gasteiger charge is 2.33. The molecule has 0 radical (unpaired) electrons. The molecule has 2 rings (SSSR count). The molecule has 1 atom stereocenters. The normalized spacial score (nSPS) is 22.4. The third-order valence-electron chi connectivity index (χ3n) is 3.52. The first-order valence-electron chi connectivity index (χ1n) is 6.83. The Labute approximate surface area is 125 Å². The van der Waals surface area contributed by atoms with Gasteiger partial charge >= 0.3 is 0 Å². The van der Waals surface area contributed by atoms with Crippen LogP contribution in [0.5, 0.6) is 5.75 Å². The lowest BCUT2D eigenvalue weighted by atomic mass is 10.1. The summed E-state index contributed by atoms with van der Waals surface area (Å²) in [6.07, 6.45) is 0.863. The highest BCUT2D eigenvalue weighted by Crippen LogP contribution is 2.17. The van der Waals surface area contributed by atoms with E-state index in [0.717, 1.165) is 11.3 Å². The van der Waals surface area contributed by atoms with E-state index in [2.05, 4.69) is 4.72 Å². The summed E-state index contributed by atoms with van der Waals surface area (Å²) < 4.78 is 36.5. The summed E-state index contributed by atoms with van der Waals surface area (Å²) in [5.41, 5.74) is -0.156. The molecular formula is C14H21NO5S. The van der Waals surface area contributed by atoms with Crippen LogP contribution in [-0.4, -0.2) is 51.7 Å². The van der Waals surface area contributed by atoms with Crippen LogP contribution in [-0.2, 0) is 21.2 Å². The molecule has 1 aromatic carbocycles. The summed E-state index contributed by atoms with van der Waals surface area (Å²) in [6.45, 7) is 0.635. The monoisotopic (exact) mass is 315 g/mol. The second kappa shape index (κ2) is 6.74. The molecule has 0 saturated carbocycles. The van der Waals surface area contributed by atoms with E-state index in [1.165, 1.54) is 0 Å². The molecule has 2 N–H and O–H groups in total. The standard InChI is InChI=1S/C14H21NO5S/c1-19-13-4-2-12(3-5-13)6-9-21(17,18)15-10-14(16)7-8-20-11-14/h2-5,15-16H,6-11H2,1H3. The van der Waals surface area contributed by atoms with Crippen molar-refractivity contribution in [3.05, 3.63) is 29.8 Å². The molecule has 1 aromatic rings. The van der Waals surface area contributed by atoms with Gasteiger partial charge in [-0.15, -0.1) is 0 Å². The predicted molar refractivity (Wildman–Crippen MR) is 78.9 cm³/mol. The molecular weight excluding hydrogens is 294 g/mol. The third-order valence-corrected chi connectivity index (χ3v) is 4.85. The number of sulfonamides is 1. The van der Waals surface area contributed by atoms with Gasteiger partial charge in [0.15, 0.2) is 0 Å². The molecule has 6 nitrogen and oxygen atoms in total. The maximum atomic E-state index is 11.9. The Balaban J connectivity index is 1.82. The minimum atomic E-state index is -3.42. The number of benzene rings is 1. The maximum Gasteiger partial charge on any atom is 0.212 e. The predicted octanol–water partition coefficient (Wildman–Crippen LogP) is 0.308. The second-order valence-electron chi connectivity index (χ2n) is 5.26. The molecule has 0 bridgehead atoms. The first-order chi connectivity index (χ1) is 9.92. The summed E-state index contributed by atoms with van der Waals surface area (Å²) in [5.74, 6) is 0.721. The van der Waals surface area contributed by atoms with Gasteiger partial charge in [0.05, 0.1) is 19.5 Å². The number of rotatable bonds is 7. The lowest BCUT2D eigenvalue weighted by Gasteiger charge is -2.20. The lowest BCUT2D eigenvalue weighted by molar-refractivity contribution is 0.0314. The zero-order valence-electron chi connectivity index (χ0n) is 12.0. The van der Waals surface area contributed by atoms with Crippen molar-refractivity contribution in [3.8, 4) is 5.75 Å². The first kappa shape index (κ1) is 16.2. The number of aliphatic hydroxyl groups is 1. The zero-order chi connectivity index (χ0) is 15.3. The van der Waals surface area contributed by atoms with Crippen LogP contribution in [0, 0.1) is 0 Å². The number of methoxy groups -OCH3 is 1. The van der Waals surface area contributed by atoms with Gasteiger partial charge in [0.1, 0.15) is 11.4 Å². The van der Waals surface area contributed by atoms with E-state index in [1.54, 1.807) is 19.2 Å². The van der Waals surface area contributed by atoms with Crippen LogP contribution in [0.15, 0.2) is 24.3 Å². The number of ether oxygens (including phenoxy) is 2. The minimum absolute atomic E-state index is 0.00204. The Bertz CT molecular complexity index is 549. The summed E-state index contributed by atoms with van der Waals surface area (Å²) >= 11 is 0. The van der Waals surface area contributed by atoms with E-state index in [9.17, 15) is 13.5 Å². The van der Waals surface area contributed by atoms with Gasteiger partial charge in [0.25, 0.3) is 0 Å². The van der Waals surface area contributed by atoms with Gasteiger partial charge in [0, 0.05) is 19.6 Å². The summed E-state index contributed by atoms with van der Waals surface area (Å²) in [5, 5.41) is 10.0. The Kier molecular flexibility index (Phi) is 5.21.